The Morgan fingerprint density at radius 1 is 1.17 bits per heavy atom. The van der Waals surface area contributed by atoms with Crippen molar-refractivity contribution in [1.82, 2.24) is 5.32 Å². The number of aryl methyl sites for hydroxylation is 1. The maximum absolute atomic E-state index is 6.27. The Morgan fingerprint density at radius 2 is 2.06 bits per heavy atom. The van der Waals surface area contributed by atoms with Crippen LogP contribution >= 0.6 is 0 Å². The van der Waals surface area contributed by atoms with Gasteiger partial charge < -0.3 is 10.1 Å². The summed E-state index contributed by atoms with van der Waals surface area (Å²) in [7, 11) is 2.05. The van der Waals surface area contributed by atoms with Crippen molar-refractivity contribution in [2.24, 2.45) is 0 Å². The van der Waals surface area contributed by atoms with Crippen molar-refractivity contribution in [3.05, 3.63) is 29.3 Å². The SMILES string of the molecule is CNC1CCC(Oc2cccc3c2CCCC3)C1. The van der Waals surface area contributed by atoms with Crippen molar-refractivity contribution >= 4 is 0 Å². The van der Waals surface area contributed by atoms with Gasteiger partial charge in [0.05, 0.1) is 0 Å². The third-order valence-corrected chi connectivity index (χ3v) is 4.44. The van der Waals surface area contributed by atoms with Gasteiger partial charge in [-0.15, -0.1) is 0 Å². The molecule has 2 aliphatic rings. The number of hydrogen-bond acceptors (Lipinski definition) is 2. The van der Waals surface area contributed by atoms with E-state index in [1.165, 1.54) is 49.7 Å². The molecule has 3 rings (SSSR count). The highest BCUT2D eigenvalue weighted by Gasteiger charge is 2.26. The average molecular weight is 245 g/mol. The lowest BCUT2D eigenvalue weighted by atomic mass is 9.91. The first-order valence-electron chi connectivity index (χ1n) is 7.31. The summed E-state index contributed by atoms with van der Waals surface area (Å²) in [6.07, 6.45) is 9.09. The third kappa shape index (κ3) is 2.39. The quantitative estimate of drug-likeness (QED) is 0.883. The van der Waals surface area contributed by atoms with Gasteiger partial charge in [-0.2, -0.15) is 0 Å². The summed E-state index contributed by atoms with van der Waals surface area (Å²) in [6.45, 7) is 0. The molecule has 2 heteroatoms. The molecule has 2 atom stereocenters. The first-order chi connectivity index (χ1) is 8.86. The monoisotopic (exact) mass is 245 g/mol. The summed E-state index contributed by atoms with van der Waals surface area (Å²) in [5.41, 5.74) is 3.00. The van der Waals surface area contributed by atoms with Crippen LogP contribution in [0.3, 0.4) is 0 Å². The smallest absolute Gasteiger partial charge is 0.123 e. The van der Waals surface area contributed by atoms with Gasteiger partial charge in [-0.3, -0.25) is 0 Å². The van der Waals surface area contributed by atoms with E-state index in [1.807, 2.05) is 0 Å². The fourth-order valence-electron chi connectivity index (χ4n) is 3.35. The molecule has 18 heavy (non-hydrogen) atoms. The second-order valence-electron chi connectivity index (χ2n) is 5.64. The minimum absolute atomic E-state index is 0.413. The predicted octanol–water partition coefficient (Wildman–Crippen LogP) is 3.08. The maximum atomic E-state index is 6.27. The van der Waals surface area contributed by atoms with E-state index in [0.29, 0.717) is 12.1 Å². The summed E-state index contributed by atoms with van der Waals surface area (Å²) in [5, 5.41) is 3.36. The molecule has 0 heterocycles. The summed E-state index contributed by atoms with van der Waals surface area (Å²) < 4.78 is 6.27. The molecular weight excluding hydrogens is 222 g/mol. The van der Waals surface area contributed by atoms with Crippen molar-refractivity contribution in [2.75, 3.05) is 7.05 Å². The lowest BCUT2D eigenvalue weighted by molar-refractivity contribution is 0.204. The number of hydrogen-bond donors (Lipinski definition) is 1. The molecule has 1 fully saturated rings. The van der Waals surface area contributed by atoms with E-state index in [9.17, 15) is 0 Å². The molecular formula is C16H23NO. The van der Waals surface area contributed by atoms with Gasteiger partial charge in [-0.25, -0.2) is 0 Å². The Labute approximate surface area is 110 Å². The van der Waals surface area contributed by atoms with Crippen LogP contribution in [0.4, 0.5) is 0 Å². The second-order valence-corrected chi connectivity index (χ2v) is 5.64. The predicted molar refractivity (Wildman–Crippen MR) is 74.2 cm³/mol. The fraction of sp³-hybridized carbons (Fsp3) is 0.625. The summed E-state index contributed by atoms with van der Waals surface area (Å²) in [5.74, 6) is 1.16. The van der Waals surface area contributed by atoms with Crippen LogP contribution in [0.15, 0.2) is 18.2 Å². The summed E-state index contributed by atoms with van der Waals surface area (Å²) >= 11 is 0. The van der Waals surface area contributed by atoms with Crippen LogP contribution in [0, 0.1) is 0 Å². The topological polar surface area (TPSA) is 21.3 Å². The van der Waals surface area contributed by atoms with E-state index >= 15 is 0 Å². The van der Waals surface area contributed by atoms with Gasteiger partial charge in [0.2, 0.25) is 0 Å². The van der Waals surface area contributed by atoms with E-state index in [4.69, 9.17) is 4.74 Å². The molecule has 1 aromatic carbocycles. The average Bonchev–Trinajstić information content (AvgIpc) is 2.87. The Balaban J connectivity index is 1.73. The molecule has 0 aromatic heterocycles. The molecule has 98 valence electrons. The minimum Gasteiger partial charge on any atom is -0.490 e. The van der Waals surface area contributed by atoms with Crippen molar-refractivity contribution < 1.29 is 4.74 Å². The molecule has 1 aromatic rings. The van der Waals surface area contributed by atoms with Crippen LogP contribution in [0.5, 0.6) is 5.75 Å². The number of ether oxygens (including phenoxy) is 1. The third-order valence-electron chi connectivity index (χ3n) is 4.44. The lowest BCUT2D eigenvalue weighted by Gasteiger charge is -2.22. The molecule has 1 saturated carbocycles. The highest BCUT2D eigenvalue weighted by atomic mass is 16.5. The molecule has 0 radical (unpaired) electrons. The normalized spacial score (nSPS) is 26.9. The van der Waals surface area contributed by atoms with Gasteiger partial charge in [0.1, 0.15) is 11.9 Å². The van der Waals surface area contributed by atoms with E-state index in [1.54, 1.807) is 0 Å². The van der Waals surface area contributed by atoms with Crippen LogP contribution in [-0.2, 0) is 12.8 Å². The standard InChI is InChI=1S/C16H23NO/c1-17-13-9-10-14(11-13)18-16-8-4-6-12-5-2-3-7-15(12)16/h4,6,8,13-14,17H,2-3,5,7,9-11H2,1H3. The molecule has 2 nitrogen and oxygen atoms in total. The fourth-order valence-corrected chi connectivity index (χ4v) is 3.35. The second kappa shape index (κ2) is 5.31. The number of rotatable bonds is 3. The Bertz CT molecular complexity index is 416. The molecule has 1 N–H and O–H groups in total. The number of nitrogens with one attached hydrogen (secondary N) is 1. The first kappa shape index (κ1) is 12.0. The van der Waals surface area contributed by atoms with Crippen LogP contribution in [0.25, 0.3) is 0 Å². The van der Waals surface area contributed by atoms with Crippen molar-refractivity contribution in [3.8, 4) is 5.75 Å². The Morgan fingerprint density at radius 3 is 2.89 bits per heavy atom. The zero-order valence-electron chi connectivity index (χ0n) is 11.2. The van der Waals surface area contributed by atoms with Gasteiger partial charge in [0.15, 0.2) is 0 Å². The van der Waals surface area contributed by atoms with Crippen molar-refractivity contribution in [3.63, 3.8) is 0 Å². The first-order valence-corrected chi connectivity index (χ1v) is 7.31. The van der Waals surface area contributed by atoms with E-state index < -0.39 is 0 Å². The molecule has 0 aliphatic heterocycles. The summed E-state index contributed by atoms with van der Waals surface area (Å²) in [6, 6.07) is 7.24. The molecule has 0 spiro atoms. The molecule has 2 unspecified atom stereocenters. The van der Waals surface area contributed by atoms with Crippen molar-refractivity contribution in [2.45, 2.75) is 57.1 Å². The van der Waals surface area contributed by atoms with Gasteiger partial charge in [0.25, 0.3) is 0 Å². The van der Waals surface area contributed by atoms with Crippen LogP contribution in [0.2, 0.25) is 0 Å². The zero-order chi connectivity index (χ0) is 12.4. The van der Waals surface area contributed by atoms with Crippen molar-refractivity contribution in [1.29, 1.82) is 0 Å². The van der Waals surface area contributed by atoms with Gasteiger partial charge in [-0.1, -0.05) is 12.1 Å². The Hall–Kier alpha value is -1.02. The zero-order valence-corrected chi connectivity index (χ0v) is 11.2. The number of benzene rings is 1. The van der Waals surface area contributed by atoms with Gasteiger partial charge >= 0.3 is 0 Å². The highest BCUT2D eigenvalue weighted by Crippen LogP contribution is 2.32. The largest absolute Gasteiger partial charge is 0.490 e. The lowest BCUT2D eigenvalue weighted by Crippen LogP contribution is -2.23. The minimum atomic E-state index is 0.413. The van der Waals surface area contributed by atoms with E-state index in [0.717, 1.165) is 12.2 Å². The maximum Gasteiger partial charge on any atom is 0.123 e. The van der Waals surface area contributed by atoms with Gasteiger partial charge in [0, 0.05) is 6.04 Å². The highest BCUT2D eigenvalue weighted by molar-refractivity contribution is 5.41. The van der Waals surface area contributed by atoms with Crippen LogP contribution in [0.1, 0.15) is 43.2 Å². The summed E-state index contributed by atoms with van der Waals surface area (Å²) in [4.78, 5) is 0. The van der Waals surface area contributed by atoms with Gasteiger partial charge in [-0.05, 0) is 69.2 Å². The molecule has 0 bridgehead atoms. The van der Waals surface area contributed by atoms with Crippen LogP contribution < -0.4 is 10.1 Å². The van der Waals surface area contributed by atoms with E-state index in [2.05, 4.69) is 30.6 Å². The molecule has 0 amide bonds. The van der Waals surface area contributed by atoms with Crippen LogP contribution in [-0.4, -0.2) is 19.2 Å². The Kier molecular flexibility index (Phi) is 3.55. The van der Waals surface area contributed by atoms with E-state index in [-0.39, 0.29) is 0 Å². The number of fused-ring (bicyclic) bond motifs is 1. The molecule has 0 saturated heterocycles. The molecule has 2 aliphatic carbocycles.